The minimum absolute atomic E-state index is 0.0906. The van der Waals surface area contributed by atoms with Crippen LogP contribution in [0.25, 0.3) is 0 Å². The van der Waals surface area contributed by atoms with Crippen LogP contribution < -0.4 is 11.1 Å². The van der Waals surface area contributed by atoms with Gasteiger partial charge >= 0.3 is 6.03 Å². The van der Waals surface area contributed by atoms with Gasteiger partial charge in [0.25, 0.3) is 0 Å². The maximum absolute atomic E-state index is 11.7. The largest absolute Gasteiger partial charge is 0.391 e. The molecular weight excluding hydrogens is 210 g/mol. The highest BCUT2D eigenvalue weighted by atomic mass is 32.1. The number of urea groups is 1. The Kier molecular flexibility index (Phi) is 3.90. The van der Waals surface area contributed by atoms with E-state index in [0.717, 1.165) is 25.7 Å². The first-order chi connectivity index (χ1) is 7.02. The minimum Gasteiger partial charge on any atom is -0.391 e. The molecule has 0 radical (unpaired) electrons. The van der Waals surface area contributed by atoms with Crippen LogP contribution in [0.15, 0.2) is 0 Å². The van der Waals surface area contributed by atoms with Gasteiger partial charge in [-0.05, 0) is 19.8 Å². The van der Waals surface area contributed by atoms with Gasteiger partial charge < -0.3 is 16.0 Å². The predicted octanol–water partition coefficient (Wildman–Crippen LogP) is 1.25. The van der Waals surface area contributed by atoms with Crippen LogP contribution in [-0.2, 0) is 0 Å². The Morgan fingerprint density at radius 3 is 2.47 bits per heavy atom. The van der Waals surface area contributed by atoms with Crippen LogP contribution in [0.5, 0.6) is 0 Å². The number of carbonyl (C=O) groups is 1. The Morgan fingerprint density at radius 2 is 2.07 bits per heavy atom. The fourth-order valence-corrected chi connectivity index (χ4v) is 2.11. The van der Waals surface area contributed by atoms with Crippen molar-refractivity contribution in [3.05, 3.63) is 0 Å². The Hall–Kier alpha value is -0.840. The van der Waals surface area contributed by atoms with Crippen molar-refractivity contribution in [2.24, 2.45) is 5.73 Å². The summed E-state index contributed by atoms with van der Waals surface area (Å²) in [7, 11) is 1.76. The van der Waals surface area contributed by atoms with Crippen LogP contribution in [0.4, 0.5) is 4.79 Å². The molecule has 0 spiro atoms. The predicted molar refractivity (Wildman–Crippen MR) is 64.8 cm³/mol. The molecule has 0 saturated heterocycles. The molecule has 1 aliphatic carbocycles. The lowest BCUT2D eigenvalue weighted by atomic mass is 9.98. The molecule has 3 N–H and O–H groups in total. The first-order valence-corrected chi connectivity index (χ1v) is 5.76. The smallest absolute Gasteiger partial charge is 0.317 e. The summed E-state index contributed by atoms with van der Waals surface area (Å²) in [5.41, 5.74) is 5.29. The SMILES string of the molecule is CCN(C)C(=O)NC1(C(N)=S)CCCC1. The zero-order valence-electron chi connectivity index (χ0n) is 9.38. The van der Waals surface area contributed by atoms with Crippen molar-refractivity contribution in [3.63, 3.8) is 0 Å². The maximum atomic E-state index is 11.7. The molecule has 0 unspecified atom stereocenters. The first kappa shape index (κ1) is 12.2. The number of carbonyl (C=O) groups excluding carboxylic acids is 1. The Balaban J connectivity index is 2.67. The van der Waals surface area contributed by atoms with E-state index in [1.165, 1.54) is 0 Å². The van der Waals surface area contributed by atoms with Crippen molar-refractivity contribution in [2.75, 3.05) is 13.6 Å². The second-order valence-electron chi connectivity index (χ2n) is 4.10. The molecule has 2 amide bonds. The van der Waals surface area contributed by atoms with E-state index in [1.54, 1.807) is 11.9 Å². The first-order valence-electron chi connectivity index (χ1n) is 5.35. The Bertz CT molecular complexity index is 261. The second-order valence-corrected chi connectivity index (χ2v) is 4.54. The van der Waals surface area contributed by atoms with Gasteiger partial charge in [0.2, 0.25) is 0 Å². The van der Waals surface area contributed by atoms with Gasteiger partial charge in [-0.15, -0.1) is 0 Å². The topological polar surface area (TPSA) is 58.4 Å². The van der Waals surface area contributed by atoms with Crippen LogP contribution in [0.2, 0.25) is 0 Å². The monoisotopic (exact) mass is 229 g/mol. The number of amides is 2. The Morgan fingerprint density at radius 1 is 1.53 bits per heavy atom. The molecule has 0 aliphatic heterocycles. The number of thiocarbonyl (C=S) groups is 1. The molecule has 15 heavy (non-hydrogen) atoms. The molecule has 0 aromatic heterocycles. The zero-order valence-corrected chi connectivity index (χ0v) is 10.2. The van der Waals surface area contributed by atoms with Crippen LogP contribution in [0.1, 0.15) is 32.6 Å². The summed E-state index contributed by atoms with van der Waals surface area (Å²) in [4.78, 5) is 13.8. The lowest BCUT2D eigenvalue weighted by Gasteiger charge is -2.31. The van der Waals surface area contributed by atoms with Gasteiger partial charge in [0.05, 0.1) is 10.5 Å². The van der Waals surface area contributed by atoms with Gasteiger partial charge in [0, 0.05) is 13.6 Å². The standard InChI is InChI=1S/C10H19N3OS/c1-3-13(2)9(14)12-10(8(11)15)6-4-5-7-10/h3-7H2,1-2H3,(H2,11,15)(H,12,14). The molecule has 86 valence electrons. The van der Waals surface area contributed by atoms with E-state index in [9.17, 15) is 4.79 Å². The van der Waals surface area contributed by atoms with Crippen molar-refractivity contribution in [1.29, 1.82) is 0 Å². The highest BCUT2D eigenvalue weighted by Crippen LogP contribution is 2.30. The number of hydrogen-bond acceptors (Lipinski definition) is 2. The molecule has 1 aliphatic rings. The summed E-state index contributed by atoms with van der Waals surface area (Å²) in [6, 6.07) is -0.0906. The average Bonchev–Trinajstić information content (AvgIpc) is 2.66. The summed E-state index contributed by atoms with van der Waals surface area (Å²) in [6.45, 7) is 2.61. The van der Waals surface area contributed by atoms with Crippen LogP contribution in [0.3, 0.4) is 0 Å². The van der Waals surface area contributed by atoms with Crippen molar-refractivity contribution in [2.45, 2.75) is 38.1 Å². The lowest BCUT2D eigenvalue weighted by molar-refractivity contribution is 0.203. The molecule has 0 atom stereocenters. The fraction of sp³-hybridized carbons (Fsp3) is 0.800. The fourth-order valence-electron chi connectivity index (χ4n) is 1.86. The lowest BCUT2D eigenvalue weighted by Crippen LogP contribution is -2.57. The third-order valence-electron chi connectivity index (χ3n) is 3.10. The summed E-state index contributed by atoms with van der Waals surface area (Å²) in [6.07, 6.45) is 3.89. The number of hydrogen-bond donors (Lipinski definition) is 2. The molecule has 0 aromatic rings. The maximum Gasteiger partial charge on any atom is 0.317 e. The van der Waals surface area contributed by atoms with Crippen molar-refractivity contribution < 1.29 is 4.79 Å². The number of rotatable bonds is 3. The quantitative estimate of drug-likeness (QED) is 0.716. The van der Waals surface area contributed by atoms with Crippen LogP contribution in [-0.4, -0.2) is 35.1 Å². The summed E-state index contributed by atoms with van der Waals surface area (Å²) < 4.78 is 0. The second kappa shape index (κ2) is 4.79. The van der Waals surface area contributed by atoms with Gasteiger partial charge in [0.1, 0.15) is 0 Å². The van der Waals surface area contributed by atoms with E-state index in [0.29, 0.717) is 11.5 Å². The molecule has 1 rings (SSSR count). The molecule has 0 heterocycles. The molecule has 0 bridgehead atoms. The van der Waals surface area contributed by atoms with Gasteiger partial charge in [-0.1, -0.05) is 25.1 Å². The molecule has 0 aromatic carbocycles. The molecule has 4 nitrogen and oxygen atoms in total. The zero-order chi connectivity index (χ0) is 11.5. The van der Waals surface area contributed by atoms with E-state index in [1.807, 2.05) is 6.92 Å². The minimum atomic E-state index is -0.435. The third kappa shape index (κ3) is 2.59. The van der Waals surface area contributed by atoms with E-state index < -0.39 is 5.54 Å². The third-order valence-corrected chi connectivity index (χ3v) is 3.49. The normalized spacial score (nSPS) is 18.5. The van der Waals surface area contributed by atoms with E-state index >= 15 is 0 Å². The van der Waals surface area contributed by atoms with Gasteiger partial charge in [-0.2, -0.15) is 0 Å². The van der Waals surface area contributed by atoms with Gasteiger partial charge in [0.15, 0.2) is 0 Å². The summed E-state index contributed by atoms with van der Waals surface area (Å²) in [5.74, 6) is 0. The molecule has 1 fully saturated rings. The van der Waals surface area contributed by atoms with Crippen molar-refractivity contribution in [3.8, 4) is 0 Å². The number of nitrogens with two attached hydrogens (primary N) is 1. The number of nitrogens with zero attached hydrogens (tertiary/aromatic N) is 1. The van der Waals surface area contributed by atoms with E-state index in [2.05, 4.69) is 5.32 Å². The van der Waals surface area contributed by atoms with Crippen molar-refractivity contribution >= 4 is 23.2 Å². The highest BCUT2D eigenvalue weighted by molar-refractivity contribution is 7.80. The van der Waals surface area contributed by atoms with Crippen LogP contribution >= 0.6 is 12.2 Å². The molecule has 5 heteroatoms. The summed E-state index contributed by atoms with van der Waals surface area (Å²) in [5, 5.41) is 2.96. The van der Waals surface area contributed by atoms with E-state index in [4.69, 9.17) is 18.0 Å². The highest BCUT2D eigenvalue weighted by Gasteiger charge is 2.38. The van der Waals surface area contributed by atoms with Crippen molar-refractivity contribution in [1.82, 2.24) is 10.2 Å². The van der Waals surface area contributed by atoms with E-state index in [-0.39, 0.29) is 6.03 Å². The Labute approximate surface area is 96.2 Å². The average molecular weight is 229 g/mol. The van der Waals surface area contributed by atoms with Gasteiger partial charge in [-0.3, -0.25) is 0 Å². The van der Waals surface area contributed by atoms with Gasteiger partial charge in [-0.25, -0.2) is 4.79 Å². The summed E-state index contributed by atoms with van der Waals surface area (Å²) >= 11 is 5.05. The van der Waals surface area contributed by atoms with Crippen LogP contribution in [0, 0.1) is 0 Å². The molecule has 1 saturated carbocycles. The molecular formula is C10H19N3OS. The number of nitrogens with one attached hydrogen (secondary N) is 1.